The molecule has 12 N–H and O–H groups in total. The number of amides is 8. The Morgan fingerprint density at radius 3 is 0.567 bits per heavy atom. The van der Waals surface area contributed by atoms with E-state index in [0.717, 1.165) is 0 Å². The van der Waals surface area contributed by atoms with Crippen LogP contribution in [0.1, 0.15) is 334 Å². The maximum atomic E-state index is 14.8. The van der Waals surface area contributed by atoms with Crippen molar-refractivity contribution in [2.24, 2.45) is 23.7 Å². The number of benzene rings is 4. The molecule has 0 spiro atoms. The van der Waals surface area contributed by atoms with Gasteiger partial charge in [-0.25, -0.2) is 19.2 Å². The van der Waals surface area contributed by atoms with Crippen LogP contribution in [0.25, 0.3) is 0 Å². The molecule has 0 saturated heterocycles. The number of rotatable bonds is 28. The molecule has 5 rings (SSSR count). The molecule has 0 saturated carbocycles. The first kappa shape index (κ1) is 87.0. The standard InChI is InChI=1S/C84H136N8O12/c1-25-29-33-89(77(101)85-81(13,14)15)45-65-69(93)57-41-58(70(65)94)54(38-50(7)8)60-43-62(74(98)67(72(60)96)47-91(35-31-27-3)79(103)87-83(19,20)21)56(40-52(11)12)64-44-63(75(99)68(76(64)100)48-92(36-32-28-4)80(104)88-84(22,23)24)55(39-51(9)10)61-42-59(53(57)37-49(5)6)71(95)66(73(61)97)46-90(34-30-26-2)78(102)86-82(16,17)18/h41-44,49-56,93-100H,25-40,45-48H2,1-24H3,(H,85,101)(H,86,102)(H,87,103)(H,88,104). The summed E-state index contributed by atoms with van der Waals surface area (Å²) >= 11 is 0. The molecule has 1 aliphatic rings. The zero-order valence-electron chi connectivity index (χ0n) is 68.1. The van der Waals surface area contributed by atoms with Gasteiger partial charge in [-0.05, 0) is 182 Å². The summed E-state index contributed by atoms with van der Waals surface area (Å²) in [5.41, 5.74) is -0.945. The molecular formula is C84H136N8O12. The van der Waals surface area contributed by atoms with Gasteiger partial charge in [0.1, 0.15) is 46.0 Å². The van der Waals surface area contributed by atoms with E-state index in [-0.39, 0.29) is 214 Å². The third-order valence-corrected chi connectivity index (χ3v) is 19.1. The number of unbranched alkanes of at least 4 members (excludes halogenated alkanes) is 4. The number of urea groups is 4. The average Bonchev–Trinajstić information content (AvgIpc) is 0.734. The topological polar surface area (TPSA) is 291 Å². The minimum absolute atomic E-state index is 0.00945. The van der Waals surface area contributed by atoms with Crippen molar-refractivity contribution in [3.05, 3.63) is 91.0 Å². The van der Waals surface area contributed by atoms with Crippen LogP contribution < -0.4 is 21.3 Å². The Hall–Kier alpha value is -7.64. The molecule has 8 bridgehead atoms. The smallest absolute Gasteiger partial charge is 0.318 e. The summed E-state index contributed by atoms with van der Waals surface area (Å²) in [5.74, 6) is -7.82. The van der Waals surface area contributed by atoms with Crippen LogP contribution in [-0.4, -0.2) is 133 Å². The highest BCUT2D eigenvalue weighted by molar-refractivity contribution is 5.78. The molecule has 0 unspecified atom stereocenters. The minimum Gasteiger partial charge on any atom is -0.507 e. The fourth-order valence-corrected chi connectivity index (χ4v) is 14.1. The number of hydrogen-bond donors (Lipinski definition) is 12. The van der Waals surface area contributed by atoms with E-state index in [9.17, 15) is 60.0 Å². The van der Waals surface area contributed by atoms with Gasteiger partial charge in [0.2, 0.25) is 0 Å². The highest BCUT2D eigenvalue weighted by atomic mass is 16.3. The lowest BCUT2D eigenvalue weighted by atomic mass is 9.73. The van der Waals surface area contributed by atoms with Crippen LogP contribution in [0.15, 0.2) is 24.3 Å². The zero-order valence-corrected chi connectivity index (χ0v) is 68.1. The first-order chi connectivity index (χ1) is 48.2. The maximum Gasteiger partial charge on any atom is 0.318 e. The summed E-state index contributed by atoms with van der Waals surface area (Å²) in [6.45, 7) is 46.2. The number of hydrogen-bond acceptors (Lipinski definition) is 12. The van der Waals surface area contributed by atoms with Crippen LogP contribution >= 0.6 is 0 Å². The quantitative estimate of drug-likeness (QED) is 0.0253. The van der Waals surface area contributed by atoms with Gasteiger partial charge in [0.05, 0.1) is 48.4 Å². The van der Waals surface area contributed by atoms with Crippen molar-refractivity contribution >= 4 is 24.1 Å². The van der Waals surface area contributed by atoms with Crippen LogP contribution in [0, 0.1) is 23.7 Å². The summed E-state index contributed by atoms with van der Waals surface area (Å²) in [5, 5.41) is 122. The van der Waals surface area contributed by atoms with Crippen molar-refractivity contribution in [3.8, 4) is 46.0 Å². The van der Waals surface area contributed by atoms with E-state index in [0.29, 0.717) is 51.4 Å². The molecule has 0 aromatic heterocycles. The molecule has 1 aliphatic carbocycles. The van der Waals surface area contributed by atoms with Gasteiger partial charge in [-0.1, -0.05) is 109 Å². The Balaban J connectivity index is 2.33. The third kappa shape index (κ3) is 23.2. The van der Waals surface area contributed by atoms with Gasteiger partial charge < -0.3 is 81.7 Å². The second-order valence-electron chi connectivity index (χ2n) is 35.5. The number of phenols is 8. The van der Waals surface area contributed by atoms with Crippen molar-refractivity contribution in [2.45, 2.75) is 315 Å². The van der Waals surface area contributed by atoms with E-state index >= 15 is 0 Å². The van der Waals surface area contributed by atoms with E-state index < -0.39 is 70.0 Å². The molecule has 0 radical (unpaired) electrons. The largest absolute Gasteiger partial charge is 0.507 e. The number of carbonyl (C=O) groups is 4. The average molecular weight is 1450 g/mol. The van der Waals surface area contributed by atoms with E-state index in [1.165, 1.54) is 0 Å². The number of fused-ring (bicyclic) bond motifs is 8. The normalized spacial score (nSPS) is 15.7. The number of nitrogens with zero attached hydrogens (tertiary/aromatic N) is 4. The summed E-state index contributed by atoms with van der Waals surface area (Å²) in [7, 11) is 0. The first-order valence-corrected chi connectivity index (χ1v) is 38.8. The van der Waals surface area contributed by atoms with Crippen LogP contribution in [0.3, 0.4) is 0 Å². The third-order valence-electron chi connectivity index (χ3n) is 19.1. The van der Waals surface area contributed by atoms with Gasteiger partial charge in [-0.3, -0.25) is 0 Å². The van der Waals surface area contributed by atoms with Crippen LogP contribution in [0.5, 0.6) is 46.0 Å². The Kier molecular flexibility index (Phi) is 30.6. The Labute approximate surface area is 624 Å². The van der Waals surface area contributed by atoms with Crippen molar-refractivity contribution in [3.63, 3.8) is 0 Å². The number of phenolic OH excluding ortho intramolecular Hbond substituents is 8. The maximum absolute atomic E-state index is 14.8. The monoisotopic (exact) mass is 1450 g/mol. The SMILES string of the molecule is CCCCN(Cc1c(O)c2cc(c1O)C(CC(C)C)c1cc(c(O)c(CN(CCCC)C(=O)NC(C)(C)C)c1O)C(CC(C)C)c1cc(c(O)c(CN(CCCC)C(=O)NC(C)(C)C)c1O)C(CC(C)C)c1cc(c(O)c(CN(CCCC)C(=O)NC(C)(C)C)c1O)C2CC(C)C)C(=O)NC(C)(C)C. The van der Waals surface area contributed by atoms with Gasteiger partial charge in [0, 0.05) is 117 Å². The summed E-state index contributed by atoms with van der Waals surface area (Å²) < 4.78 is 0. The first-order valence-electron chi connectivity index (χ1n) is 38.8. The molecule has 20 nitrogen and oxygen atoms in total. The lowest BCUT2D eigenvalue weighted by molar-refractivity contribution is 0.183. The Morgan fingerprint density at radius 2 is 0.452 bits per heavy atom. The molecular weight excluding hydrogens is 1310 g/mol. The van der Waals surface area contributed by atoms with E-state index in [1.807, 2.05) is 166 Å². The highest BCUT2D eigenvalue weighted by Crippen LogP contribution is 2.57. The minimum atomic E-state index is -1.02. The van der Waals surface area contributed by atoms with Gasteiger partial charge >= 0.3 is 24.1 Å². The molecule has 0 heterocycles. The molecule has 104 heavy (non-hydrogen) atoms. The van der Waals surface area contributed by atoms with Gasteiger partial charge in [0.25, 0.3) is 0 Å². The summed E-state index contributed by atoms with van der Waals surface area (Å²) in [6.07, 6.45) is 5.95. The van der Waals surface area contributed by atoms with Crippen LogP contribution in [-0.2, 0) is 26.2 Å². The fraction of sp³-hybridized carbons (Fsp3) is 0.667. The Morgan fingerprint density at radius 1 is 0.308 bits per heavy atom. The lowest BCUT2D eigenvalue weighted by Gasteiger charge is -2.35. The molecule has 0 fully saturated rings. The molecule has 0 aliphatic heterocycles. The summed E-state index contributed by atoms with van der Waals surface area (Å²) in [4.78, 5) is 65.3. The van der Waals surface area contributed by atoms with E-state index in [2.05, 4.69) is 21.3 Å². The second kappa shape index (κ2) is 36.6. The summed E-state index contributed by atoms with van der Waals surface area (Å²) in [6, 6.07) is 5.11. The number of aromatic hydroxyl groups is 8. The van der Waals surface area contributed by atoms with Crippen molar-refractivity contribution in [1.82, 2.24) is 40.9 Å². The molecule has 4 aromatic rings. The zero-order chi connectivity index (χ0) is 78.6. The predicted octanol–water partition coefficient (Wildman–Crippen LogP) is 18.8. The second-order valence-corrected chi connectivity index (χ2v) is 35.5. The fourth-order valence-electron chi connectivity index (χ4n) is 14.1. The lowest BCUT2D eigenvalue weighted by Crippen LogP contribution is -2.48. The van der Waals surface area contributed by atoms with Crippen molar-refractivity contribution < 1.29 is 60.0 Å². The molecule has 4 aromatic carbocycles. The molecule has 584 valence electrons. The van der Waals surface area contributed by atoms with Crippen LogP contribution in [0.2, 0.25) is 0 Å². The number of carbonyl (C=O) groups excluding carboxylic acids is 4. The van der Waals surface area contributed by atoms with E-state index in [1.54, 1.807) is 43.9 Å². The van der Waals surface area contributed by atoms with Crippen molar-refractivity contribution in [1.29, 1.82) is 0 Å². The van der Waals surface area contributed by atoms with Crippen LogP contribution in [0.4, 0.5) is 19.2 Å². The van der Waals surface area contributed by atoms with Crippen molar-refractivity contribution in [2.75, 3.05) is 26.2 Å². The highest BCUT2D eigenvalue weighted by Gasteiger charge is 2.41. The van der Waals surface area contributed by atoms with E-state index in [4.69, 9.17) is 0 Å². The number of nitrogens with one attached hydrogen (secondary N) is 4. The van der Waals surface area contributed by atoms with Gasteiger partial charge in [-0.15, -0.1) is 0 Å². The van der Waals surface area contributed by atoms with Gasteiger partial charge in [-0.2, -0.15) is 0 Å². The molecule has 20 heteroatoms. The molecule has 0 atom stereocenters. The Bertz CT molecular complexity index is 3000. The van der Waals surface area contributed by atoms with Gasteiger partial charge in [0.15, 0.2) is 0 Å². The predicted molar refractivity (Wildman–Crippen MR) is 419 cm³/mol. The molecule has 8 amide bonds.